The number of carbonyl (C=O) groups is 6. The van der Waals surface area contributed by atoms with Crippen LogP contribution in [-0.2, 0) is 44.7 Å². The third-order valence-electron chi connectivity index (χ3n) is 8.13. The van der Waals surface area contributed by atoms with E-state index in [0.717, 1.165) is 59.0 Å². The van der Waals surface area contributed by atoms with E-state index in [2.05, 4.69) is 24.1 Å². The van der Waals surface area contributed by atoms with Gasteiger partial charge in [-0.1, -0.05) is 75.7 Å². The molecule has 0 bridgehead atoms. The van der Waals surface area contributed by atoms with Crippen molar-refractivity contribution in [3.63, 3.8) is 0 Å². The van der Waals surface area contributed by atoms with Crippen molar-refractivity contribution >= 4 is 35.4 Å². The Morgan fingerprint density at radius 2 is 1.57 bits per heavy atom. The summed E-state index contributed by atoms with van der Waals surface area (Å²) in [5, 5.41) is 23.9. The first-order chi connectivity index (χ1) is 24.4. The fourth-order valence-electron chi connectivity index (χ4n) is 5.20. The molecule has 3 atom stereocenters. The molecule has 1 aromatic rings. The van der Waals surface area contributed by atoms with E-state index < -0.39 is 60.2 Å². The number of unbranched alkanes of at least 4 members (excludes halogenated alkanes) is 8. The van der Waals surface area contributed by atoms with Crippen molar-refractivity contribution in [2.24, 2.45) is 5.92 Å². The molecule has 12 nitrogen and oxygen atoms in total. The van der Waals surface area contributed by atoms with Gasteiger partial charge in [-0.3, -0.25) is 19.2 Å². The summed E-state index contributed by atoms with van der Waals surface area (Å²) < 4.78 is 15.2. The Morgan fingerprint density at radius 3 is 2.14 bits per heavy atom. The molecule has 0 heterocycles. The molecule has 51 heavy (non-hydrogen) atoms. The molecular weight excluding hydrogens is 658 g/mol. The molecule has 0 aliphatic rings. The predicted octanol–water partition coefficient (Wildman–Crippen LogP) is 5.07. The predicted molar refractivity (Wildman–Crippen MR) is 191 cm³/mol. The van der Waals surface area contributed by atoms with Gasteiger partial charge in [0.05, 0.1) is 19.4 Å². The molecule has 282 valence electrons. The number of methoxy groups -OCH3 is 1. The maximum atomic E-state index is 13.7. The summed E-state index contributed by atoms with van der Waals surface area (Å²) in [6.45, 7) is 4.57. The topological polar surface area (TPSA) is 183 Å². The van der Waals surface area contributed by atoms with Crippen LogP contribution in [0.25, 0.3) is 0 Å². The van der Waals surface area contributed by atoms with Crippen LogP contribution in [0, 0.1) is 17.8 Å². The zero-order valence-corrected chi connectivity index (χ0v) is 30.5. The van der Waals surface area contributed by atoms with E-state index in [9.17, 15) is 39.0 Å². The molecule has 0 fully saturated rings. The van der Waals surface area contributed by atoms with Crippen molar-refractivity contribution in [2.45, 2.75) is 122 Å². The number of allylic oxidation sites excluding steroid dienone is 1. The molecule has 0 unspecified atom stereocenters. The number of Topliss-reactive ketones (excluding diaryl/α,β-unsaturated/α-hetero) is 2. The van der Waals surface area contributed by atoms with Gasteiger partial charge in [0.2, 0.25) is 5.91 Å². The summed E-state index contributed by atoms with van der Waals surface area (Å²) in [6, 6.07) is 5.40. The number of aliphatic carboxylic acids is 1. The smallest absolute Gasteiger partial charge is 0.337 e. The van der Waals surface area contributed by atoms with Crippen molar-refractivity contribution in [3.05, 3.63) is 42.0 Å². The molecule has 1 amide bonds. The SMILES string of the molecule is CC#CCOc1ccc(C[C@H](NC(=O)[C@@H](C=CCCCCCCC(=O)CCCCCCC)[C@@](O)(CC(=O)OCC(C)=O)C(=O)O)C(=O)OC)cc1. The van der Waals surface area contributed by atoms with Crippen LogP contribution >= 0.6 is 0 Å². The molecule has 12 heteroatoms. The second-order valence-electron chi connectivity index (χ2n) is 12.5. The Morgan fingerprint density at radius 1 is 0.941 bits per heavy atom. The van der Waals surface area contributed by atoms with Crippen LogP contribution in [0.1, 0.15) is 110 Å². The van der Waals surface area contributed by atoms with Gasteiger partial charge in [-0.25, -0.2) is 9.59 Å². The van der Waals surface area contributed by atoms with Crippen LogP contribution in [0.15, 0.2) is 36.4 Å². The Labute approximate surface area is 301 Å². The number of benzene rings is 1. The maximum Gasteiger partial charge on any atom is 0.337 e. The summed E-state index contributed by atoms with van der Waals surface area (Å²) in [4.78, 5) is 74.8. The normalized spacial score (nSPS) is 13.2. The number of hydrogen-bond acceptors (Lipinski definition) is 10. The Balaban J connectivity index is 3.04. The lowest BCUT2D eigenvalue weighted by Gasteiger charge is -2.30. The molecule has 3 N–H and O–H groups in total. The van der Waals surface area contributed by atoms with Gasteiger partial charge in [0, 0.05) is 19.3 Å². The van der Waals surface area contributed by atoms with Gasteiger partial charge < -0.3 is 29.7 Å². The minimum Gasteiger partial charge on any atom is -0.481 e. The molecule has 0 radical (unpaired) electrons. The number of esters is 2. The van der Waals surface area contributed by atoms with Gasteiger partial charge in [-0.15, -0.1) is 5.92 Å². The molecule has 1 rings (SSSR count). The van der Waals surface area contributed by atoms with Crippen molar-refractivity contribution in [3.8, 4) is 17.6 Å². The molecule has 0 spiro atoms. The molecule has 0 saturated heterocycles. The van der Waals surface area contributed by atoms with E-state index >= 15 is 0 Å². The van der Waals surface area contributed by atoms with E-state index in [-0.39, 0.29) is 18.8 Å². The Kier molecular flexibility index (Phi) is 22.2. The number of carboxylic acids is 1. The number of nitrogens with one attached hydrogen (secondary N) is 1. The highest BCUT2D eigenvalue weighted by Crippen LogP contribution is 2.26. The first kappa shape index (κ1) is 44.5. The van der Waals surface area contributed by atoms with E-state index in [1.54, 1.807) is 31.2 Å². The fourth-order valence-corrected chi connectivity index (χ4v) is 5.20. The number of rotatable bonds is 27. The lowest BCUT2D eigenvalue weighted by molar-refractivity contribution is -0.174. The number of ketones is 2. The van der Waals surface area contributed by atoms with Crippen LogP contribution < -0.4 is 10.1 Å². The highest BCUT2D eigenvalue weighted by molar-refractivity contribution is 5.95. The molecule has 0 aliphatic heterocycles. The number of amides is 1. The second-order valence-corrected chi connectivity index (χ2v) is 12.5. The van der Waals surface area contributed by atoms with Gasteiger partial charge in [0.25, 0.3) is 0 Å². The third-order valence-corrected chi connectivity index (χ3v) is 8.13. The molecular formula is C39H55NO11. The summed E-state index contributed by atoms with van der Waals surface area (Å²) in [5.41, 5.74) is -2.37. The minimum atomic E-state index is -2.98. The van der Waals surface area contributed by atoms with Gasteiger partial charge in [0.15, 0.2) is 11.4 Å². The zero-order chi connectivity index (χ0) is 38.1. The highest BCUT2D eigenvalue weighted by atomic mass is 16.5. The lowest BCUT2D eigenvalue weighted by Crippen LogP contribution is -2.55. The number of carbonyl (C=O) groups excluding carboxylic acids is 5. The van der Waals surface area contributed by atoms with Crippen LogP contribution in [0.4, 0.5) is 0 Å². The zero-order valence-electron chi connectivity index (χ0n) is 30.5. The highest BCUT2D eigenvalue weighted by Gasteiger charge is 2.49. The number of carboxylic acid groups (broad SMARTS) is 1. The summed E-state index contributed by atoms with van der Waals surface area (Å²) in [7, 11) is 1.13. The van der Waals surface area contributed by atoms with Crippen molar-refractivity contribution in [1.29, 1.82) is 0 Å². The van der Waals surface area contributed by atoms with Gasteiger partial charge >= 0.3 is 17.9 Å². The van der Waals surface area contributed by atoms with Crippen molar-refractivity contribution in [2.75, 3.05) is 20.3 Å². The summed E-state index contributed by atoms with van der Waals surface area (Å²) in [6.07, 6.45) is 11.6. The third kappa shape index (κ3) is 18.3. The first-order valence-electron chi connectivity index (χ1n) is 17.7. The standard InChI is InChI=1S/C39H55NO11/c1-5-7-9-12-15-18-31(42)19-16-13-10-11-14-17-20-33(39(48,38(46)47)27-35(43)51-28-29(3)41)36(44)40-34(37(45)49-4)26-30-21-23-32(24-22-30)50-25-8-6-2/h17,20-24,33-34,48H,5,7,9-16,18-19,25-28H2,1-4H3,(H,40,44)(H,46,47)/t33-,34+,39+/m1/s1. The molecule has 1 aromatic carbocycles. The van der Waals surface area contributed by atoms with E-state index in [1.165, 1.54) is 18.6 Å². The fraction of sp³-hybridized carbons (Fsp3) is 0.590. The quantitative estimate of drug-likeness (QED) is 0.0479. The summed E-state index contributed by atoms with van der Waals surface area (Å²) in [5.74, 6) is -0.968. The van der Waals surface area contributed by atoms with Crippen LogP contribution in [0.5, 0.6) is 5.75 Å². The van der Waals surface area contributed by atoms with Gasteiger partial charge in [-0.2, -0.15) is 0 Å². The van der Waals surface area contributed by atoms with Gasteiger partial charge in [0.1, 0.15) is 30.8 Å². The average molecular weight is 714 g/mol. The van der Waals surface area contributed by atoms with Crippen LogP contribution in [0.3, 0.4) is 0 Å². The molecule has 0 aromatic heterocycles. The number of ether oxygens (including phenoxy) is 3. The number of aliphatic hydroxyl groups is 1. The minimum absolute atomic E-state index is 0.0442. The lowest BCUT2D eigenvalue weighted by atomic mass is 9.82. The van der Waals surface area contributed by atoms with E-state index in [1.807, 2.05) is 0 Å². The number of hydrogen-bond donors (Lipinski definition) is 3. The van der Waals surface area contributed by atoms with Gasteiger partial charge in [-0.05, 0) is 57.2 Å². The van der Waals surface area contributed by atoms with Crippen LogP contribution in [-0.4, -0.2) is 77.6 Å². The summed E-state index contributed by atoms with van der Waals surface area (Å²) >= 11 is 0. The molecule has 0 aliphatic carbocycles. The van der Waals surface area contributed by atoms with Crippen LogP contribution in [0.2, 0.25) is 0 Å². The second kappa shape index (κ2) is 25.5. The Hall–Kier alpha value is -4.50. The maximum absolute atomic E-state index is 13.7. The van der Waals surface area contributed by atoms with E-state index in [4.69, 9.17) is 14.2 Å². The Bertz CT molecular complexity index is 1360. The average Bonchev–Trinajstić information content (AvgIpc) is 3.09. The molecule has 0 saturated carbocycles. The van der Waals surface area contributed by atoms with Crippen molar-refractivity contribution < 1.29 is 53.2 Å². The largest absolute Gasteiger partial charge is 0.481 e. The first-order valence-corrected chi connectivity index (χ1v) is 17.7. The van der Waals surface area contributed by atoms with E-state index in [0.29, 0.717) is 37.0 Å². The monoisotopic (exact) mass is 713 g/mol. The van der Waals surface area contributed by atoms with Crippen molar-refractivity contribution in [1.82, 2.24) is 5.32 Å².